The molecule has 4 nitrogen and oxygen atoms in total. The fourth-order valence-electron chi connectivity index (χ4n) is 3.27. The highest BCUT2D eigenvalue weighted by atomic mass is 19.1. The van der Waals surface area contributed by atoms with Crippen molar-refractivity contribution in [3.8, 4) is 0 Å². The third-order valence-corrected chi connectivity index (χ3v) is 4.42. The average molecular weight is 303 g/mol. The Morgan fingerprint density at radius 2 is 2.18 bits per heavy atom. The lowest BCUT2D eigenvalue weighted by Gasteiger charge is -2.40. The molecule has 2 heterocycles. The second-order valence-electron chi connectivity index (χ2n) is 5.86. The maximum Gasteiger partial charge on any atom is 0.123 e. The van der Waals surface area contributed by atoms with E-state index in [9.17, 15) is 4.39 Å². The Hall–Kier alpha value is -1.72. The maximum absolute atomic E-state index is 13.1. The van der Waals surface area contributed by atoms with E-state index in [1.165, 1.54) is 12.1 Å². The van der Waals surface area contributed by atoms with E-state index in [4.69, 9.17) is 4.74 Å². The molecule has 0 radical (unpaired) electrons. The lowest BCUT2D eigenvalue weighted by atomic mass is 9.92. The largest absolute Gasteiger partial charge is 0.380 e. The standard InChI is InChI=1S/C17H22FN3O/c1-22-17-3-2-8-21(11-15-10-19-12-20-15)16(17)9-13-4-6-14(18)7-5-13/h4-7,10,12,16-17H,2-3,8-9,11H2,1H3,(H,19,20)/t16-,17-/m0/s1. The number of nitrogens with zero attached hydrogens (tertiary/aromatic N) is 2. The van der Waals surface area contributed by atoms with Crippen LogP contribution < -0.4 is 0 Å². The Bertz CT molecular complexity index is 570. The summed E-state index contributed by atoms with van der Waals surface area (Å²) in [6, 6.07) is 7.08. The molecule has 1 fully saturated rings. The van der Waals surface area contributed by atoms with E-state index in [0.29, 0.717) is 6.04 Å². The normalized spacial score (nSPS) is 22.8. The summed E-state index contributed by atoms with van der Waals surface area (Å²) in [5.41, 5.74) is 2.26. The fraction of sp³-hybridized carbons (Fsp3) is 0.471. The van der Waals surface area contributed by atoms with Crippen molar-refractivity contribution in [2.75, 3.05) is 13.7 Å². The van der Waals surface area contributed by atoms with Gasteiger partial charge in [-0.25, -0.2) is 9.37 Å². The number of likely N-dealkylation sites (tertiary alicyclic amines) is 1. The number of halogens is 1. The zero-order chi connectivity index (χ0) is 15.4. The molecule has 1 saturated heterocycles. The molecule has 1 N–H and O–H groups in total. The van der Waals surface area contributed by atoms with E-state index < -0.39 is 0 Å². The zero-order valence-corrected chi connectivity index (χ0v) is 12.8. The van der Waals surface area contributed by atoms with Crippen molar-refractivity contribution in [1.29, 1.82) is 0 Å². The number of imidazole rings is 1. The second kappa shape index (κ2) is 7.03. The van der Waals surface area contributed by atoms with Gasteiger partial charge in [-0.05, 0) is 43.5 Å². The first-order valence-electron chi connectivity index (χ1n) is 7.75. The third-order valence-electron chi connectivity index (χ3n) is 4.42. The van der Waals surface area contributed by atoms with Gasteiger partial charge >= 0.3 is 0 Å². The highest BCUT2D eigenvalue weighted by Gasteiger charge is 2.31. The van der Waals surface area contributed by atoms with Gasteiger partial charge in [-0.3, -0.25) is 4.90 Å². The summed E-state index contributed by atoms with van der Waals surface area (Å²) in [7, 11) is 1.78. The first-order valence-corrected chi connectivity index (χ1v) is 7.75. The Kier molecular flexibility index (Phi) is 4.85. The van der Waals surface area contributed by atoms with Gasteiger partial charge in [0.05, 0.1) is 12.4 Å². The van der Waals surface area contributed by atoms with Crippen molar-refractivity contribution in [3.05, 3.63) is 53.9 Å². The van der Waals surface area contributed by atoms with Crippen LogP contribution in [0.15, 0.2) is 36.8 Å². The van der Waals surface area contributed by atoms with Crippen LogP contribution in [0.3, 0.4) is 0 Å². The monoisotopic (exact) mass is 303 g/mol. The number of hydrogen-bond donors (Lipinski definition) is 1. The summed E-state index contributed by atoms with van der Waals surface area (Å²) in [6.07, 6.45) is 6.86. The molecule has 2 aromatic rings. The van der Waals surface area contributed by atoms with Crippen LogP contribution in [0.4, 0.5) is 4.39 Å². The van der Waals surface area contributed by atoms with Gasteiger partial charge < -0.3 is 9.72 Å². The van der Waals surface area contributed by atoms with Crippen molar-refractivity contribution in [3.63, 3.8) is 0 Å². The summed E-state index contributed by atoms with van der Waals surface area (Å²) < 4.78 is 18.8. The molecule has 1 aromatic carbocycles. The Labute approximate surface area is 130 Å². The number of rotatable bonds is 5. The molecule has 0 aliphatic carbocycles. The number of benzene rings is 1. The van der Waals surface area contributed by atoms with E-state index in [0.717, 1.165) is 43.6 Å². The van der Waals surface area contributed by atoms with E-state index in [2.05, 4.69) is 14.9 Å². The van der Waals surface area contributed by atoms with E-state index in [1.54, 1.807) is 13.4 Å². The minimum absolute atomic E-state index is 0.190. The summed E-state index contributed by atoms with van der Waals surface area (Å²) in [6.45, 7) is 1.89. The summed E-state index contributed by atoms with van der Waals surface area (Å²) in [4.78, 5) is 9.70. The molecule has 1 aromatic heterocycles. The van der Waals surface area contributed by atoms with Gasteiger partial charge in [0, 0.05) is 31.6 Å². The van der Waals surface area contributed by atoms with Crippen LogP contribution in [-0.4, -0.2) is 40.7 Å². The van der Waals surface area contributed by atoms with Crippen molar-refractivity contribution in [2.24, 2.45) is 0 Å². The number of H-pyrrole nitrogens is 1. The van der Waals surface area contributed by atoms with Crippen LogP contribution in [0.5, 0.6) is 0 Å². The Morgan fingerprint density at radius 1 is 1.36 bits per heavy atom. The third kappa shape index (κ3) is 3.54. The molecule has 5 heteroatoms. The van der Waals surface area contributed by atoms with Crippen LogP contribution >= 0.6 is 0 Å². The zero-order valence-electron chi connectivity index (χ0n) is 12.8. The van der Waals surface area contributed by atoms with Gasteiger partial charge in [-0.1, -0.05) is 12.1 Å². The predicted octanol–water partition coefficient (Wildman–Crippen LogP) is 2.77. The van der Waals surface area contributed by atoms with Crippen LogP contribution in [0.2, 0.25) is 0 Å². The van der Waals surface area contributed by atoms with Crippen LogP contribution in [0.25, 0.3) is 0 Å². The second-order valence-corrected chi connectivity index (χ2v) is 5.86. The topological polar surface area (TPSA) is 41.1 Å². The summed E-state index contributed by atoms with van der Waals surface area (Å²) in [5.74, 6) is -0.190. The molecule has 0 spiro atoms. The van der Waals surface area contributed by atoms with Gasteiger partial charge in [-0.2, -0.15) is 0 Å². The summed E-state index contributed by atoms with van der Waals surface area (Å²) in [5, 5.41) is 0. The highest BCUT2D eigenvalue weighted by Crippen LogP contribution is 2.25. The molecule has 1 aliphatic rings. The quantitative estimate of drug-likeness (QED) is 0.923. The molecule has 0 amide bonds. The molecule has 2 atom stereocenters. The van der Waals surface area contributed by atoms with Gasteiger partial charge in [0.2, 0.25) is 0 Å². The summed E-state index contributed by atoms with van der Waals surface area (Å²) >= 11 is 0. The molecule has 1 aliphatic heterocycles. The molecular weight excluding hydrogens is 281 g/mol. The minimum atomic E-state index is -0.190. The number of hydrogen-bond acceptors (Lipinski definition) is 3. The Morgan fingerprint density at radius 3 is 2.86 bits per heavy atom. The van der Waals surface area contributed by atoms with Crippen molar-refractivity contribution >= 4 is 0 Å². The van der Waals surface area contributed by atoms with Crippen molar-refractivity contribution in [1.82, 2.24) is 14.9 Å². The first-order chi connectivity index (χ1) is 10.8. The van der Waals surface area contributed by atoms with Crippen LogP contribution in [0, 0.1) is 5.82 Å². The number of nitrogens with one attached hydrogen (secondary N) is 1. The van der Waals surface area contributed by atoms with Gasteiger partial charge in [0.1, 0.15) is 5.82 Å². The van der Waals surface area contributed by atoms with Crippen LogP contribution in [0.1, 0.15) is 24.1 Å². The molecule has 3 rings (SSSR count). The lowest BCUT2D eigenvalue weighted by molar-refractivity contribution is -0.0222. The number of piperidine rings is 1. The van der Waals surface area contributed by atoms with Gasteiger partial charge in [0.25, 0.3) is 0 Å². The lowest BCUT2D eigenvalue weighted by Crippen LogP contribution is -2.49. The highest BCUT2D eigenvalue weighted by molar-refractivity contribution is 5.18. The van der Waals surface area contributed by atoms with Crippen LogP contribution in [-0.2, 0) is 17.7 Å². The fourth-order valence-corrected chi connectivity index (χ4v) is 3.27. The SMILES string of the molecule is CO[C@H]1CCCN(Cc2cnc[nH]2)[C@H]1Cc1ccc(F)cc1. The van der Waals surface area contributed by atoms with E-state index in [1.807, 2.05) is 18.3 Å². The molecule has 22 heavy (non-hydrogen) atoms. The van der Waals surface area contributed by atoms with E-state index in [-0.39, 0.29) is 11.9 Å². The predicted molar refractivity (Wildman–Crippen MR) is 82.9 cm³/mol. The number of aromatic amines is 1. The first kappa shape index (κ1) is 15.2. The molecular formula is C17H22FN3O. The molecule has 0 unspecified atom stereocenters. The number of aromatic nitrogens is 2. The van der Waals surface area contributed by atoms with Crippen molar-refractivity contribution in [2.45, 2.75) is 38.0 Å². The molecule has 0 saturated carbocycles. The molecule has 0 bridgehead atoms. The smallest absolute Gasteiger partial charge is 0.123 e. The van der Waals surface area contributed by atoms with E-state index >= 15 is 0 Å². The Balaban J connectivity index is 1.75. The number of methoxy groups -OCH3 is 1. The molecule has 118 valence electrons. The van der Waals surface area contributed by atoms with Gasteiger partial charge in [0.15, 0.2) is 0 Å². The minimum Gasteiger partial charge on any atom is -0.380 e. The van der Waals surface area contributed by atoms with Gasteiger partial charge in [-0.15, -0.1) is 0 Å². The maximum atomic E-state index is 13.1. The number of ether oxygens (including phenoxy) is 1. The average Bonchev–Trinajstić information content (AvgIpc) is 3.04. The van der Waals surface area contributed by atoms with Crippen molar-refractivity contribution < 1.29 is 9.13 Å².